The number of nitrogens with zero attached hydrogens (tertiary/aromatic N) is 1. The van der Waals surface area contributed by atoms with Gasteiger partial charge in [-0.1, -0.05) is 19.9 Å². The Hall–Kier alpha value is -2.32. The van der Waals surface area contributed by atoms with Crippen molar-refractivity contribution in [2.24, 2.45) is 0 Å². The summed E-state index contributed by atoms with van der Waals surface area (Å²) in [6.07, 6.45) is 0. The average molecular weight is 382 g/mol. The number of anilines is 1. The van der Waals surface area contributed by atoms with E-state index in [1.165, 1.54) is 16.4 Å². The van der Waals surface area contributed by atoms with Crippen molar-refractivity contribution in [3.63, 3.8) is 0 Å². The van der Waals surface area contributed by atoms with E-state index in [4.69, 9.17) is 0 Å². The predicted octanol–water partition coefficient (Wildman–Crippen LogP) is 3.56. The topological polar surface area (TPSA) is 66.5 Å². The fourth-order valence-corrected chi connectivity index (χ4v) is 3.95. The van der Waals surface area contributed by atoms with Crippen molar-refractivity contribution in [2.75, 3.05) is 18.4 Å². The SMILES string of the molecule is CCN(CC)S(=O)(=O)c1ccc(F)c(C(=O)Nc2cc(F)ccc2C)c1. The van der Waals surface area contributed by atoms with Gasteiger partial charge in [0, 0.05) is 18.8 Å². The van der Waals surface area contributed by atoms with Gasteiger partial charge in [-0.15, -0.1) is 0 Å². The van der Waals surface area contributed by atoms with Gasteiger partial charge in [-0.2, -0.15) is 4.31 Å². The van der Waals surface area contributed by atoms with Crippen LogP contribution in [0, 0.1) is 18.6 Å². The summed E-state index contributed by atoms with van der Waals surface area (Å²) in [6.45, 7) is 5.53. The number of carbonyl (C=O) groups excluding carboxylic acids is 1. The maximum absolute atomic E-state index is 14.1. The third kappa shape index (κ3) is 4.08. The molecule has 5 nitrogen and oxygen atoms in total. The molecule has 2 aromatic carbocycles. The molecular formula is C18H20F2N2O3S. The molecule has 0 heterocycles. The predicted molar refractivity (Wildman–Crippen MR) is 95.6 cm³/mol. The van der Waals surface area contributed by atoms with Crippen molar-refractivity contribution in [1.29, 1.82) is 0 Å². The van der Waals surface area contributed by atoms with E-state index in [2.05, 4.69) is 5.32 Å². The Balaban J connectivity index is 2.41. The maximum atomic E-state index is 14.1. The summed E-state index contributed by atoms with van der Waals surface area (Å²) in [5, 5.41) is 2.42. The minimum atomic E-state index is -3.84. The Morgan fingerprint density at radius 2 is 1.73 bits per heavy atom. The lowest BCUT2D eigenvalue weighted by Crippen LogP contribution is -2.31. The minimum absolute atomic E-state index is 0.177. The highest BCUT2D eigenvalue weighted by Crippen LogP contribution is 2.22. The van der Waals surface area contributed by atoms with Crippen LogP contribution in [-0.4, -0.2) is 31.7 Å². The molecule has 0 unspecified atom stereocenters. The molecule has 0 saturated carbocycles. The molecule has 140 valence electrons. The molecule has 0 aromatic heterocycles. The molecule has 8 heteroatoms. The zero-order valence-electron chi connectivity index (χ0n) is 14.7. The number of aryl methyl sites for hydroxylation is 1. The molecular weight excluding hydrogens is 362 g/mol. The molecule has 0 aliphatic heterocycles. The van der Waals surface area contributed by atoms with Gasteiger partial charge in [-0.3, -0.25) is 4.79 Å². The molecule has 2 aromatic rings. The van der Waals surface area contributed by atoms with E-state index in [1.807, 2.05) is 0 Å². The minimum Gasteiger partial charge on any atom is -0.322 e. The quantitative estimate of drug-likeness (QED) is 0.831. The number of rotatable bonds is 6. The van der Waals surface area contributed by atoms with Crippen LogP contribution in [-0.2, 0) is 10.0 Å². The largest absolute Gasteiger partial charge is 0.322 e. The zero-order valence-corrected chi connectivity index (χ0v) is 15.5. The second-order valence-corrected chi connectivity index (χ2v) is 7.58. The fourth-order valence-electron chi connectivity index (χ4n) is 2.47. The van der Waals surface area contributed by atoms with E-state index < -0.39 is 33.1 Å². The van der Waals surface area contributed by atoms with E-state index in [9.17, 15) is 22.0 Å². The van der Waals surface area contributed by atoms with E-state index >= 15 is 0 Å². The summed E-state index contributed by atoms with van der Waals surface area (Å²) in [4.78, 5) is 12.2. The van der Waals surface area contributed by atoms with Gasteiger partial charge in [-0.05, 0) is 42.8 Å². The summed E-state index contributed by atoms with van der Waals surface area (Å²) >= 11 is 0. The third-order valence-electron chi connectivity index (χ3n) is 3.97. The number of benzene rings is 2. The second-order valence-electron chi connectivity index (χ2n) is 5.64. The number of hydrogen-bond acceptors (Lipinski definition) is 3. The standard InChI is InChI=1S/C18H20F2N2O3S/c1-4-22(5-2)26(24,25)14-8-9-16(20)15(11-14)18(23)21-17-10-13(19)7-6-12(17)3/h6-11H,4-5H2,1-3H3,(H,21,23). The third-order valence-corrected chi connectivity index (χ3v) is 6.02. The second kappa shape index (κ2) is 7.92. The summed E-state index contributed by atoms with van der Waals surface area (Å²) in [5.74, 6) is -2.27. The molecule has 1 amide bonds. The lowest BCUT2D eigenvalue weighted by molar-refractivity contribution is 0.102. The lowest BCUT2D eigenvalue weighted by Gasteiger charge is -2.19. The molecule has 0 saturated heterocycles. The van der Waals surface area contributed by atoms with Crippen molar-refractivity contribution in [1.82, 2.24) is 4.31 Å². The van der Waals surface area contributed by atoms with Gasteiger partial charge in [-0.25, -0.2) is 17.2 Å². The maximum Gasteiger partial charge on any atom is 0.258 e. The molecule has 0 spiro atoms. The Bertz CT molecular complexity index is 926. The van der Waals surface area contributed by atoms with Gasteiger partial charge in [0.1, 0.15) is 11.6 Å². The van der Waals surface area contributed by atoms with E-state index in [1.54, 1.807) is 20.8 Å². The Morgan fingerprint density at radius 1 is 1.08 bits per heavy atom. The van der Waals surface area contributed by atoms with Crippen molar-refractivity contribution in [3.05, 3.63) is 59.2 Å². The first-order valence-electron chi connectivity index (χ1n) is 8.07. The number of carbonyl (C=O) groups is 1. The molecule has 1 N–H and O–H groups in total. The monoisotopic (exact) mass is 382 g/mol. The number of nitrogens with one attached hydrogen (secondary N) is 1. The van der Waals surface area contributed by atoms with Gasteiger partial charge < -0.3 is 5.32 Å². The summed E-state index contributed by atoms with van der Waals surface area (Å²) in [6, 6.07) is 6.87. The van der Waals surface area contributed by atoms with Crippen LogP contribution in [0.25, 0.3) is 0 Å². The highest BCUT2D eigenvalue weighted by molar-refractivity contribution is 7.89. The highest BCUT2D eigenvalue weighted by Gasteiger charge is 2.24. The Kier molecular flexibility index (Phi) is 6.09. The zero-order chi connectivity index (χ0) is 19.5. The smallest absolute Gasteiger partial charge is 0.258 e. The van der Waals surface area contributed by atoms with Crippen LogP contribution in [0.15, 0.2) is 41.3 Å². The molecule has 0 aliphatic carbocycles. The molecule has 0 aliphatic rings. The van der Waals surface area contributed by atoms with Crippen LogP contribution in [0.1, 0.15) is 29.8 Å². The summed E-state index contributed by atoms with van der Waals surface area (Å²) < 4.78 is 53.8. The number of sulfonamides is 1. The Labute approximate surface area is 151 Å². The first kappa shape index (κ1) is 20.0. The molecule has 26 heavy (non-hydrogen) atoms. The van der Waals surface area contributed by atoms with Gasteiger partial charge in [0.2, 0.25) is 10.0 Å². The van der Waals surface area contributed by atoms with Crippen LogP contribution in [0.3, 0.4) is 0 Å². The average Bonchev–Trinajstić information content (AvgIpc) is 2.59. The fraction of sp³-hybridized carbons (Fsp3) is 0.278. The molecule has 0 fully saturated rings. The summed E-state index contributed by atoms with van der Waals surface area (Å²) in [5.41, 5.74) is 0.348. The Morgan fingerprint density at radius 3 is 2.35 bits per heavy atom. The first-order valence-corrected chi connectivity index (χ1v) is 9.51. The lowest BCUT2D eigenvalue weighted by atomic mass is 10.1. The highest BCUT2D eigenvalue weighted by atomic mass is 32.2. The van der Waals surface area contributed by atoms with Crippen LogP contribution < -0.4 is 5.32 Å². The van der Waals surface area contributed by atoms with Crippen molar-refractivity contribution >= 4 is 21.6 Å². The van der Waals surface area contributed by atoms with E-state index in [-0.39, 0.29) is 23.7 Å². The number of hydrogen-bond donors (Lipinski definition) is 1. The molecule has 0 bridgehead atoms. The van der Waals surface area contributed by atoms with E-state index in [0.29, 0.717) is 5.56 Å². The molecule has 0 atom stereocenters. The summed E-state index contributed by atoms with van der Waals surface area (Å²) in [7, 11) is -3.84. The van der Waals surface area contributed by atoms with Crippen LogP contribution in [0.4, 0.5) is 14.5 Å². The van der Waals surface area contributed by atoms with Gasteiger partial charge >= 0.3 is 0 Å². The van der Waals surface area contributed by atoms with Gasteiger partial charge in [0.05, 0.1) is 10.5 Å². The van der Waals surface area contributed by atoms with Crippen LogP contribution >= 0.6 is 0 Å². The molecule has 0 radical (unpaired) electrons. The van der Waals surface area contributed by atoms with Gasteiger partial charge in [0.25, 0.3) is 5.91 Å². The van der Waals surface area contributed by atoms with Crippen molar-refractivity contribution < 1.29 is 22.0 Å². The van der Waals surface area contributed by atoms with Gasteiger partial charge in [0.15, 0.2) is 0 Å². The van der Waals surface area contributed by atoms with Crippen molar-refractivity contribution in [2.45, 2.75) is 25.7 Å². The first-order chi connectivity index (χ1) is 12.2. The number of halogens is 2. The number of amides is 1. The van der Waals surface area contributed by atoms with Crippen LogP contribution in [0.5, 0.6) is 0 Å². The normalized spacial score (nSPS) is 11.6. The van der Waals surface area contributed by atoms with E-state index in [0.717, 1.165) is 24.3 Å². The van der Waals surface area contributed by atoms with Crippen LogP contribution in [0.2, 0.25) is 0 Å². The molecule has 2 rings (SSSR count). The van der Waals surface area contributed by atoms with Crippen molar-refractivity contribution in [3.8, 4) is 0 Å².